The molecule has 0 saturated carbocycles. The maximum Gasteiger partial charge on any atom is 0.269 e. The number of hydrogen-bond donors (Lipinski definition) is 3. The molecule has 0 spiro atoms. The van der Waals surface area contributed by atoms with Crippen molar-refractivity contribution in [3.05, 3.63) is 75.2 Å². The van der Waals surface area contributed by atoms with E-state index in [0.717, 1.165) is 27.6 Å². The number of H-pyrrole nitrogens is 1. The van der Waals surface area contributed by atoms with E-state index in [2.05, 4.69) is 15.5 Å². The fourth-order valence-electron chi connectivity index (χ4n) is 2.73. The molecule has 1 heterocycles. The topological polar surface area (TPSA) is 101 Å². The van der Waals surface area contributed by atoms with Crippen molar-refractivity contribution < 1.29 is 4.79 Å². The molecule has 128 valence electrons. The Morgan fingerprint density at radius 2 is 1.92 bits per heavy atom. The van der Waals surface area contributed by atoms with Crippen LogP contribution in [0.5, 0.6) is 0 Å². The van der Waals surface area contributed by atoms with Crippen molar-refractivity contribution in [3.8, 4) is 0 Å². The summed E-state index contributed by atoms with van der Waals surface area (Å²) in [4.78, 5) is 24.3. The molecule has 6 nitrogen and oxygen atoms in total. The number of aromatic nitrogens is 2. The molecule has 0 fully saturated rings. The number of rotatable bonds is 4. The molecular weight excluding hydrogens is 316 g/mol. The molecule has 3 rings (SSSR count). The average molecular weight is 336 g/mol. The summed E-state index contributed by atoms with van der Waals surface area (Å²) in [5.74, 6) is -0.330. The third kappa shape index (κ3) is 3.44. The van der Waals surface area contributed by atoms with Crippen LogP contribution in [0.4, 0.5) is 0 Å². The summed E-state index contributed by atoms with van der Waals surface area (Å²) in [6.45, 7) is 3.73. The predicted molar refractivity (Wildman–Crippen MR) is 97.1 cm³/mol. The molecular formula is C19H20N4O2. The highest BCUT2D eigenvalue weighted by Crippen LogP contribution is 2.19. The summed E-state index contributed by atoms with van der Waals surface area (Å²) in [6, 6.07) is 12.8. The van der Waals surface area contributed by atoms with Crippen molar-refractivity contribution in [2.45, 2.75) is 26.4 Å². The van der Waals surface area contributed by atoms with Crippen molar-refractivity contribution in [2.75, 3.05) is 0 Å². The SMILES string of the molecule is Cc1n[nH]c(=O)c(CNC(=O)C(N)c2ccc3ccccc3c2)c1C. The third-order valence-electron chi connectivity index (χ3n) is 4.45. The Balaban J connectivity index is 1.76. The normalized spacial score (nSPS) is 12.1. The minimum absolute atomic E-state index is 0.116. The van der Waals surface area contributed by atoms with Gasteiger partial charge in [0.25, 0.3) is 5.56 Å². The first-order valence-electron chi connectivity index (χ1n) is 8.04. The Bertz CT molecular complexity index is 994. The Morgan fingerprint density at radius 1 is 1.20 bits per heavy atom. The van der Waals surface area contributed by atoms with Crippen LogP contribution in [0.2, 0.25) is 0 Å². The van der Waals surface area contributed by atoms with E-state index < -0.39 is 6.04 Å². The van der Waals surface area contributed by atoms with E-state index in [9.17, 15) is 9.59 Å². The van der Waals surface area contributed by atoms with Crippen LogP contribution in [0.25, 0.3) is 10.8 Å². The number of carbonyl (C=O) groups is 1. The van der Waals surface area contributed by atoms with E-state index in [4.69, 9.17) is 5.73 Å². The van der Waals surface area contributed by atoms with Gasteiger partial charge in [0.1, 0.15) is 6.04 Å². The number of nitrogens with two attached hydrogens (primary N) is 1. The van der Waals surface area contributed by atoms with E-state index in [-0.39, 0.29) is 18.0 Å². The minimum Gasteiger partial charge on any atom is -0.350 e. The second-order valence-electron chi connectivity index (χ2n) is 6.04. The first kappa shape index (κ1) is 16.9. The zero-order chi connectivity index (χ0) is 18.0. The van der Waals surface area contributed by atoms with Crippen LogP contribution in [0, 0.1) is 13.8 Å². The van der Waals surface area contributed by atoms with Gasteiger partial charge in [-0.05, 0) is 41.8 Å². The molecule has 0 aliphatic rings. The van der Waals surface area contributed by atoms with Gasteiger partial charge in [-0.25, -0.2) is 5.10 Å². The van der Waals surface area contributed by atoms with Crippen LogP contribution in [0.1, 0.15) is 28.4 Å². The first-order chi connectivity index (χ1) is 12.0. The van der Waals surface area contributed by atoms with Crippen LogP contribution in [-0.4, -0.2) is 16.1 Å². The number of amides is 1. The summed E-state index contributed by atoms with van der Waals surface area (Å²) in [5, 5.41) is 11.2. The Morgan fingerprint density at radius 3 is 2.68 bits per heavy atom. The van der Waals surface area contributed by atoms with E-state index in [1.165, 1.54) is 0 Å². The molecule has 4 N–H and O–H groups in total. The first-order valence-corrected chi connectivity index (χ1v) is 8.04. The van der Waals surface area contributed by atoms with Gasteiger partial charge in [-0.2, -0.15) is 5.10 Å². The molecule has 1 atom stereocenters. The van der Waals surface area contributed by atoms with Gasteiger partial charge in [-0.1, -0.05) is 36.4 Å². The summed E-state index contributed by atoms with van der Waals surface area (Å²) in [7, 11) is 0. The number of carbonyl (C=O) groups excluding carboxylic acids is 1. The number of aryl methyl sites for hydroxylation is 1. The van der Waals surface area contributed by atoms with Crippen molar-refractivity contribution in [3.63, 3.8) is 0 Å². The highest BCUT2D eigenvalue weighted by Gasteiger charge is 2.17. The Kier molecular flexibility index (Phi) is 4.63. The van der Waals surface area contributed by atoms with Crippen LogP contribution < -0.4 is 16.6 Å². The van der Waals surface area contributed by atoms with Crippen molar-refractivity contribution in [1.29, 1.82) is 0 Å². The second kappa shape index (κ2) is 6.86. The third-order valence-corrected chi connectivity index (χ3v) is 4.45. The van der Waals surface area contributed by atoms with Gasteiger partial charge in [0, 0.05) is 12.1 Å². The number of fused-ring (bicyclic) bond motifs is 1. The maximum absolute atomic E-state index is 12.4. The molecule has 0 bridgehead atoms. The summed E-state index contributed by atoms with van der Waals surface area (Å²) in [6.07, 6.45) is 0. The molecule has 2 aromatic carbocycles. The van der Waals surface area contributed by atoms with Gasteiger partial charge in [0.05, 0.1) is 5.69 Å². The van der Waals surface area contributed by atoms with Crippen molar-refractivity contribution in [1.82, 2.24) is 15.5 Å². The largest absolute Gasteiger partial charge is 0.350 e. The number of aromatic amines is 1. The van der Waals surface area contributed by atoms with Gasteiger partial charge in [0.2, 0.25) is 5.91 Å². The highest BCUT2D eigenvalue weighted by atomic mass is 16.2. The van der Waals surface area contributed by atoms with E-state index in [1.54, 1.807) is 6.92 Å². The lowest BCUT2D eigenvalue weighted by Crippen LogP contribution is -2.35. The fourth-order valence-corrected chi connectivity index (χ4v) is 2.73. The lowest BCUT2D eigenvalue weighted by Gasteiger charge is -2.14. The molecule has 1 aromatic heterocycles. The van der Waals surface area contributed by atoms with Crippen molar-refractivity contribution in [2.24, 2.45) is 5.73 Å². The standard InChI is InChI=1S/C19H20N4O2/c1-11-12(2)22-23-18(24)16(11)10-21-19(25)17(20)15-8-7-13-5-3-4-6-14(13)9-15/h3-9,17H,10,20H2,1-2H3,(H,21,25)(H,23,24). The summed E-state index contributed by atoms with van der Waals surface area (Å²) in [5.41, 5.74) is 8.50. The summed E-state index contributed by atoms with van der Waals surface area (Å²) >= 11 is 0. The van der Waals surface area contributed by atoms with E-state index >= 15 is 0 Å². The lowest BCUT2D eigenvalue weighted by atomic mass is 10.0. The van der Waals surface area contributed by atoms with Gasteiger partial charge in [0.15, 0.2) is 0 Å². The second-order valence-corrected chi connectivity index (χ2v) is 6.04. The van der Waals surface area contributed by atoms with Crippen LogP contribution >= 0.6 is 0 Å². The zero-order valence-corrected chi connectivity index (χ0v) is 14.2. The van der Waals surface area contributed by atoms with Crippen LogP contribution in [0.15, 0.2) is 47.3 Å². The molecule has 6 heteroatoms. The molecule has 1 unspecified atom stereocenters. The molecule has 0 radical (unpaired) electrons. The van der Waals surface area contributed by atoms with Gasteiger partial charge in [-0.15, -0.1) is 0 Å². The summed E-state index contributed by atoms with van der Waals surface area (Å²) < 4.78 is 0. The van der Waals surface area contributed by atoms with Gasteiger partial charge in [-0.3, -0.25) is 9.59 Å². The fraction of sp³-hybridized carbons (Fsp3) is 0.211. The van der Waals surface area contributed by atoms with Crippen molar-refractivity contribution >= 4 is 16.7 Å². The molecule has 0 aliphatic carbocycles. The van der Waals surface area contributed by atoms with Gasteiger partial charge >= 0.3 is 0 Å². The number of nitrogens with zero attached hydrogens (tertiary/aromatic N) is 1. The average Bonchev–Trinajstić information content (AvgIpc) is 2.63. The monoisotopic (exact) mass is 336 g/mol. The molecule has 0 saturated heterocycles. The zero-order valence-electron chi connectivity index (χ0n) is 14.2. The van der Waals surface area contributed by atoms with E-state index in [0.29, 0.717) is 5.56 Å². The van der Waals surface area contributed by atoms with Gasteiger partial charge < -0.3 is 11.1 Å². The molecule has 25 heavy (non-hydrogen) atoms. The lowest BCUT2D eigenvalue weighted by molar-refractivity contribution is -0.122. The Hall–Kier alpha value is -2.99. The number of nitrogens with one attached hydrogen (secondary N) is 2. The van der Waals surface area contributed by atoms with Crippen LogP contribution in [0.3, 0.4) is 0 Å². The molecule has 3 aromatic rings. The predicted octanol–water partition coefficient (Wildman–Crippen LogP) is 1.86. The Labute approximate surface area is 145 Å². The maximum atomic E-state index is 12.4. The number of hydrogen-bond acceptors (Lipinski definition) is 4. The molecule has 1 amide bonds. The quantitative estimate of drug-likeness (QED) is 0.677. The highest BCUT2D eigenvalue weighted by molar-refractivity contribution is 5.87. The minimum atomic E-state index is -0.799. The number of benzene rings is 2. The molecule has 0 aliphatic heterocycles. The van der Waals surface area contributed by atoms with E-state index in [1.807, 2.05) is 49.4 Å². The van der Waals surface area contributed by atoms with Crippen LogP contribution in [-0.2, 0) is 11.3 Å². The smallest absolute Gasteiger partial charge is 0.269 e.